The first-order valence-corrected chi connectivity index (χ1v) is 6.97. The highest BCUT2D eigenvalue weighted by atomic mass is 16.4. The van der Waals surface area contributed by atoms with Crippen molar-refractivity contribution in [2.45, 2.75) is 79.5 Å². The van der Waals surface area contributed by atoms with Crippen LogP contribution in [-0.4, -0.2) is 33.8 Å². The summed E-state index contributed by atoms with van der Waals surface area (Å²) in [7, 11) is 0. The molecule has 1 N–H and O–H groups in total. The number of carboxylic acid groups (broad SMARTS) is 1. The van der Waals surface area contributed by atoms with E-state index in [1.165, 1.54) is 4.90 Å². The Hall–Kier alpha value is -0.770. The number of amides is 1. The first-order valence-electron chi connectivity index (χ1n) is 6.97. The minimum Gasteiger partial charge on any atom is -0.530 e. The SMILES string of the molecule is CC(C)CC(C(O)C(C)(C)C)N(C(=O)[O-])C(C)(C)C. The Balaban J connectivity index is 5.50. The van der Waals surface area contributed by atoms with Gasteiger partial charge in [-0.15, -0.1) is 0 Å². The molecule has 2 unspecified atom stereocenters. The minimum absolute atomic E-state index is 0.297. The summed E-state index contributed by atoms with van der Waals surface area (Å²) in [4.78, 5) is 12.8. The molecule has 2 atom stereocenters. The summed E-state index contributed by atoms with van der Waals surface area (Å²) < 4.78 is 0. The van der Waals surface area contributed by atoms with Gasteiger partial charge in [0.15, 0.2) is 0 Å². The Morgan fingerprint density at radius 2 is 1.58 bits per heavy atom. The van der Waals surface area contributed by atoms with Crippen molar-refractivity contribution >= 4 is 6.09 Å². The summed E-state index contributed by atoms with van der Waals surface area (Å²) >= 11 is 0. The maximum Gasteiger partial charge on any atom is 0.137 e. The van der Waals surface area contributed by atoms with E-state index >= 15 is 0 Å². The second-order valence-corrected chi connectivity index (χ2v) is 7.81. The topological polar surface area (TPSA) is 63.6 Å². The van der Waals surface area contributed by atoms with E-state index in [1.807, 2.05) is 55.4 Å². The lowest BCUT2D eigenvalue weighted by Crippen LogP contribution is -2.61. The smallest absolute Gasteiger partial charge is 0.137 e. The largest absolute Gasteiger partial charge is 0.530 e. The molecule has 0 aliphatic rings. The van der Waals surface area contributed by atoms with Crippen LogP contribution >= 0.6 is 0 Å². The molecule has 114 valence electrons. The average Bonchev–Trinajstić information content (AvgIpc) is 2.10. The summed E-state index contributed by atoms with van der Waals surface area (Å²) in [6, 6.07) is -0.454. The number of hydrogen-bond acceptors (Lipinski definition) is 3. The number of rotatable bonds is 4. The maximum atomic E-state index is 11.5. The number of hydrogen-bond donors (Lipinski definition) is 1. The van der Waals surface area contributed by atoms with Crippen LogP contribution in [0.3, 0.4) is 0 Å². The van der Waals surface area contributed by atoms with Gasteiger partial charge >= 0.3 is 0 Å². The lowest BCUT2D eigenvalue weighted by molar-refractivity contribution is -0.277. The zero-order chi connectivity index (χ0) is 15.6. The number of carbonyl (C=O) groups excluding carboxylic acids is 1. The summed E-state index contributed by atoms with van der Waals surface area (Å²) in [5, 5.41) is 22.0. The van der Waals surface area contributed by atoms with Gasteiger partial charge in [-0.3, -0.25) is 0 Å². The van der Waals surface area contributed by atoms with Crippen LogP contribution in [0.15, 0.2) is 0 Å². The van der Waals surface area contributed by atoms with Crippen molar-refractivity contribution in [1.29, 1.82) is 0 Å². The molecule has 4 heteroatoms. The van der Waals surface area contributed by atoms with Crippen molar-refractivity contribution in [3.05, 3.63) is 0 Å². The second-order valence-electron chi connectivity index (χ2n) is 7.81. The zero-order valence-electron chi connectivity index (χ0n) is 13.7. The molecule has 19 heavy (non-hydrogen) atoms. The number of carbonyl (C=O) groups is 1. The molecule has 0 heterocycles. The normalized spacial score (nSPS) is 16.3. The van der Waals surface area contributed by atoms with Crippen LogP contribution in [0.1, 0.15) is 61.8 Å². The fourth-order valence-corrected chi connectivity index (χ4v) is 2.34. The van der Waals surface area contributed by atoms with Crippen LogP contribution in [0.2, 0.25) is 0 Å². The van der Waals surface area contributed by atoms with E-state index in [0.29, 0.717) is 12.3 Å². The molecule has 0 aliphatic heterocycles. The van der Waals surface area contributed by atoms with Crippen molar-refractivity contribution in [2.24, 2.45) is 11.3 Å². The predicted octanol–water partition coefficient (Wildman–Crippen LogP) is 2.25. The summed E-state index contributed by atoms with van der Waals surface area (Å²) in [5.74, 6) is 0.297. The van der Waals surface area contributed by atoms with Gasteiger partial charge in [0.05, 0.1) is 12.1 Å². The van der Waals surface area contributed by atoms with Crippen molar-refractivity contribution in [3.63, 3.8) is 0 Å². The van der Waals surface area contributed by atoms with E-state index in [2.05, 4.69) is 0 Å². The third-order valence-corrected chi connectivity index (χ3v) is 3.22. The van der Waals surface area contributed by atoms with Gasteiger partial charge in [-0.1, -0.05) is 34.6 Å². The molecule has 0 rings (SSSR count). The van der Waals surface area contributed by atoms with Gasteiger partial charge < -0.3 is 19.9 Å². The quantitative estimate of drug-likeness (QED) is 0.853. The van der Waals surface area contributed by atoms with E-state index < -0.39 is 23.8 Å². The van der Waals surface area contributed by atoms with E-state index in [0.717, 1.165) is 0 Å². The molecule has 0 radical (unpaired) electrons. The zero-order valence-corrected chi connectivity index (χ0v) is 13.7. The average molecular weight is 272 g/mol. The number of aliphatic hydroxyl groups is 1. The molecule has 0 saturated heterocycles. The van der Waals surface area contributed by atoms with Crippen LogP contribution < -0.4 is 5.11 Å². The highest BCUT2D eigenvalue weighted by Gasteiger charge is 2.38. The Kier molecular flexibility index (Phi) is 5.87. The first-order chi connectivity index (χ1) is 8.28. The van der Waals surface area contributed by atoms with E-state index in [9.17, 15) is 15.0 Å². The molecular formula is C15H30NO3-. The maximum absolute atomic E-state index is 11.5. The van der Waals surface area contributed by atoms with Crippen LogP contribution in [-0.2, 0) is 0 Å². The van der Waals surface area contributed by atoms with Crippen molar-refractivity contribution in [3.8, 4) is 0 Å². The van der Waals surface area contributed by atoms with Crippen LogP contribution in [0, 0.1) is 11.3 Å². The summed E-state index contributed by atoms with van der Waals surface area (Å²) in [6.45, 7) is 15.3. The van der Waals surface area contributed by atoms with Gasteiger partial charge in [0.25, 0.3) is 0 Å². The highest BCUT2D eigenvalue weighted by Crippen LogP contribution is 2.31. The predicted molar refractivity (Wildman–Crippen MR) is 75.7 cm³/mol. The Bertz CT molecular complexity index is 299. The Labute approximate surface area is 117 Å². The van der Waals surface area contributed by atoms with E-state index in [-0.39, 0.29) is 5.41 Å². The second kappa shape index (κ2) is 6.12. The van der Waals surface area contributed by atoms with Crippen LogP contribution in [0.4, 0.5) is 4.79 Å². The summed E-state index contributed by atoms with van der Waals surface area (Å²) in [6.07, 6.45) is -1.34. The lowest BCUT2D eigenvalue weighted by atomic mass is 9.80. The first kappa shape index (κ1) is 18.2. The number of aliphatic hydroxyl groups excluding tert-OH is 1. The Morgan fingerprint density at radius 3 is 1.79 bits per heavy atom. The molecule has 1 amide bonds. The molecular weight excluding hydrogens is 242 g/mol. The monoisotopic (exact) mass is 272 g/mol. The fraction of sp³-hybridized carbons (Fsp3) is 0.933. The Morgan fingerprint density at radius 1 is 1.16 bits per heavy atom. The third kappa shape index (κ3) is 5.39. The summed E-state index contributed by atoms with van der Waals surface area (Å²) in [5.41, 5.74) is -0.969. The molecule has 4 nitrogen and oxygen atoms in total. The van der Waals surface area contributed by atoms with E-state index in [4.69, 9.17) is 0 Å². The van der Waals surface area contributed by atoms with Gasteiger partial charge in [0, 0.05) is 5.54 Å². The van der Waals surface area contributed by atoms with E-state index in [1.54, 1.807) is 0 Å². The number of nitrogens with zero attached hydrogens (tertiary/aromatic N) is 1. The van der Waals surface area contributed by atoms with Crippen LogP contribution in [0.25, 0.3) is 0 Å². The van der Waals surface area contributed by atoms with Gasteiger partial charge in [-0.25, -0.2) is 0 Å². The molecule has 0 aliphatic carbocycles. The van der Waals surface area contributed by atoms with Gasteiger partial charge in [-0.05, 0) is 38.5 Å². The van der Waals surface area contributed by atoms with Crippen molar-refractivity contribution < 1.29 is 15.0 Å². The third-order valence-electron chi connectivity index (χ3n) is 3.22. The molecule has 0 spiro atoms. The lowest BCUT2D eigenvalue weighted by Gasteiger charge is -2.48. The molecule has 0 aromatic heterocycles. The van der Waals surface area contributed by atoms with Crippen molar-refractivity contribution in [1.82, 2.24) is 4.90 Å². The molecule has 0 bridgehead atoms. The highest BCUT2D eigenvalue weighted by molar-refractivity contribution is 5.64. The fourth-order valence-electron chi connectivity index (χ4n) is 2.34. The molecule has 0 fully saturated rings. The van der Waals surface area contributed by atoms with Gasteiger partial charge in [0.2, 0.25) is 0 Å². The van der Waals surface area contributed by atoms with Gasteiger partial charge in [-0.2, -0.15) is 0 Å². The van der Waals surface area contributed by atoms with Crippen LogP contribution in [0.5, 0.6) is 0 Å². The molecule has 0 aromatic carbocycles. The molecule has 0 aromatic rings. The van der Waals surface area contributed by atoms with Crippen molar-refractivity contribution in [2.75, 3.05) is 0 Å². The van der Waals surface area contributed by atoms with Gasteiger partial charge in [0.1, 0.15) is 6.09 Å². The standard InChI is InChI=1S/C15H31NO3/c1-10(2)9-11(12(17)14(3,4)5)16(13(18)19)15(6,7)8/h10-12,17H,9H2,1-8H3,(H,18,19)/p-1. The minimum atomic E-state index is -1.22. The molecule has 0 saturated carbocycles.